The van der Waals surface area contributed by atoms with Crippen LogP contribution in [0.4, 0.5) is 11.4 Å². The molecule has 0 aromatic heterocycles. The lowest BCUT2D eigenvalue weighted by Crippen LogP contribution is -1.93. The Morgan fingerprint density at radius 2 is 0.650 bits per heavy atom. The summed E-state index contributed by atoms with van der Waals surface area (Å²) in [5, 5.41) is 22.9. The van der Waals surface area contributed by atoms with Crippen LogP contribution in [0.1, 0.15) is 0 Å². The van der Waals surface area contributed by atoms with Crippen LogP contribution in [0.25, 0.3) is 0 Å². The average Bonchev–Trinajstić information content (AvgIpc) is 2.95. The molecular formula is C30H20N2O8. The van der Waals surface area contributed by atoms with Crippen LogP contribution in [0.2, 0.25) is 0 Å². The van der Waals surface area contributed by atoms with Crippen molar-refractivity contribution in [3.8, 4) is 46.0 Å². The largest absolute Gasteiger partial charge is 0.457 e. The Labute approximate surface area is 227 Å². The summed E-state index contributed by atoms with van der Waals surface area (Å²) in [5.74, 6) is 2.70. The van der Waals surface area contributed by atoms with E-state index in [4.69, 9.17) is 18.9 Å². The smallest absolute Gasteiger partial charge is 0.276 e. The van der Waals surface area contributed by atoms with Crippen molar-refractivity contribution in [3.63, 3.8) is 0 Å². The quantitative estimate of drug-likeness (QED) is 0.128. The van der Waals surface area contributed by atoms with Crippen LogP contribution in [-0.4, -0.2) is 9.85 Å². The second-order valence-electron chi connectivity index (χ2n) is 8.35. The molecule has 40 heavy (non-hydrogen) atoms. The van der Waals surface area contributed by atoms with E-state index in [1.165, 1.54) is 24.3 Å². The summed E-state index contributed by atoms with van der Waals surface area (Å²) in [6, 6.07) is 32.5. The third-order valence-electron chi connectivity index (χ3n) is 5.40. The van der Waals surface area contributed by atoms with Crippen molar-refractivity contribution in [1.29, 1.82) is 0 Å². The van der Waals surface area contributed by atoms with Gasteiger partial charge in [-0.05, 0) is 48.5 Å². The Bertz CT molecular complexity index is 1520. The monoisotopic (exact) mass is 536 g/mol. The molecule has 0 fully saturated rings. The standard InChI is InChI=1S/C30H20N2O8/c33-31(34)21-15-27(37-23-7-3-1-4-8-23)19-29(17-21)39-25-11-13-26(14-12-25)40-30-18-22(32(35)36)16-28(20-30)38-24-9-5-2-6-10-24/h1-20H. The number of nitro benzene ring substituents is 2. The van der Waals surface area contributed by atoms with Gasteiger partial charge in [-0.15, -0.1) is 0 Å². The van der Waals surface area contributed by atoms with Gasteiger partial charge in [0.25, 0.3) is 11.4 Å². The number of hydrogen-bond acceptors (Lipinski definition) is 8. The number of rotatable bonds is 10. The molecule has 0 aliphatic carbocycles. The SMILES string of the molecule is O=[N+]([O-])c1cc(Oc2ccccc2)cc(Oc2ccc(Oc3cc(Oc4ccccc4)cc([N+](=O)[O-])c3)cc2)c1. The minimum Gasteiger partial charge on any atom is -0.457 e. The van der Waals surface area contributed by atoms with Gasteiger partial charge in [-0.25, -0.2) is 0 Å². The Morgan fingerprint density at radius 1 is 0.375 bits per heavy atom. The summed E-state index contributed by atoms with van der Waals surface area (Å²) >= 11 is 0. The van der Waals surface area contributed by atoms with Gasteiger partial charge in [0.2, 0.25) is 0 Å². The lowest BCUT2D eigenvalue weighted by molar-refractivity contribution is -0.385. The lowest BCUT2D eigenvalue weighted by atomic mass is 10.2. The second-order valence-corrected chi connectivity index (χ2v) is 8.35. The highest BCUT2D eigenvalue weighted by Crippen LogP contribution is 2.36. The molecule has 0 heterocycles. The van der Waals surface area contributed by atoms with Crippen LogP contribution in [0.3, 0.4) is 0 Å². The predicted molar refractivity (Wildman–Crippen MR) is 146 cm³/mol. The van der Waals surface area contributed by atoms with Crippen molar-refractivity contribution in [3.05, 3.63) is 142 Å². The number of nitrogens with zero attached hydrogens (tertiary/aromatic N) is 2. The Balaban J connectivity index is 1.33. The maximum absolute atomic E-state index is 11.4. The second kappa shape index (κ2) is 11.7. The van der Waals surface area contributed by atoms with Crippen molar-refractivity contribution in [1.82, 2.24) is 0 Å². The fourth-order valence-corrected chi connectivity index (χ4v) is 3.66. The van der Waals surface area contributed by atoms with Gasteiger partial charge in [0, 0.05) is 12.1 Å². The third kappa shape index (κ3) is 6.69. The van der Waals surface area contributed by atoms with E-state index in [2.05, 4.69) is 0 Å². The van der Waals surface area contributed by atoms with Gasteiger partial charge in [0.1, 0.15) is 46.0 Å². The number of non-ortho nitro benzene ring substituents is 2. The van der Waals surface area contributed by atoms with Gasteiger partial charge in [-0.1, -0.05) is 36.4 Å². The Kier molecular flexibility index (Phi) is 7.50. The summed E-state index contributed by atoms with van der Waals surface area (Å²) in [6.45, 7) is 0. The summed E-state index contributed by atoms with van der Waals surface area (Å²) in [4.78, 5) is 21.8. The normalized spacial score (nSPS) is 10.4. The molecule has 0 aliphatic rings. The maximum atomic E-state index is 11.4. The van der Waals surface area contributed by atoms with Crippen LogP contribution >= 0.6 is 0 Å². The fraction of sp³-hybridized carbons (Fsp3) is 0. The van der Waals surface area contributed by atoms with Gasteiger partial charge in [0.15, 0.2) is 0 Å². The number of para-hydroxylation sites is 2. The number of hydrogen-bond donors (Lipinski definition) is 0. The Hall–Kier alpha value is -5.90. The van der Waals surface area contributed by atoms with Crippen LogP contribution in [0.15, 0.2) is 121 Å². The van der Waals surface area contributed by atoms with Crippen LogP contribution in [0.5, 0.6) is 46.0 Å². The predicted octanol–water partition coefficient (Wildman–Crippen LogP) is 8.67. The van der Waals surface area contributed by atoms with E-state index < -0.39 is 9.85 Å². The zero-order valence-corrected chi connectivity index (χ0v) is 20.7. The summed E-state index contributed by atoms with van der Waals surface area (Å²) in [7, 11) is 0. The minimum absolute atomic E-state index is 0.192. The van der Waals surface area contributed by atoms with Crippen LogP contribution in [0, 0.1) is 20.2 Å². The van der Waals surface area contributed by atoms with Crippen molar-refractivity contribution in [2.24, 2.45) is 0 Å². The number of benzene rings is 5. The summed E-state index contributed by atoms with van der Waals surface area (Å²) < 4.78 is 23.2. The molecule has 0 saturated heterocycles. The van der Waals surface area contributed by atoms with E-state index in [1.54, 1.807) is 84.9 Å². The van der Waals surface area contributed by atoms with Gasteiger partial charge in [-0.3, -0.25) is 20.2 Å². The highest BCUT2D eigenvalue weighted by atomic mass is 16.6. The molecule has 5 rings (SSSR count). The minimum atomic E-state index is -0.531. The first-order valence-corrected chi connectivity index (χ1v) is 11.9. The molecule has 0 atom stereocenters. The van der Waals surface area contributed by atoms with E-state index in [9.17, 15) is 20.2 Å². The highest BCUT2D eigenvalue weighted by Gasteiger charge is 2.15. The molecule has 0 N–H and O–H groups in total. The molecule has 5 aromatic carbocycles. The molecule has 198 valence electrons. The first-order chi connectivity index (χ1) is 19.4. The van der Waals surface area contributed by atoms with E-state index >= 15 is 0 Å². The molecule has 0 bridgehead atoms. The van der Waals surface area contributed by atoms with E-state index in [0.717, 1.165) is 0 Å². The molecule has 5 aromatic rings. The molecule has 0 radical (unpaired) electrons. The van der Waals surface area contributed by atoms with Crippen molar-refractivity contribution in [2.75, 3.05) is 0 Å². The summed E-state index contributed by atoms with van der Waals surface area (Å²) in [5.41, 5.74) is -0.384. The maximum Gasteiger partial charge on any atom is 0.276 e. The van der Waals surface area contributed by atoms with Crippen molar-refractivity contribution < 1.29 is 28.8 Å². The van der Waals surface area contributed by atoms with E-state index in [-0.39, 0.29) is 34.4 Å². The van der Waals surface area contributed by atoms with Gasteiger partial charge in [-0.2, -0.15) is 0 Å². The highest BCUT2D eigenvalue weighted by molar-refractivity contribution is 5.51. The van der Waals surface area contributed by atoms with Crippen LogP contribution < -0.4 is 18.9 Å². The zero-order chi connectivity index (χ0) is 27.9. The molecular weight excluding hydrogens is 516 g/mol. The van der Waals surface area contributed by atoms with Crippen LogP contribution in [-0.2, 0) is 0 Å². The summed E-state index contributed by atoms with van der Waals surface area (Å²) in [6.07, 6.45) is 0. The van der Waals surface area contributed by atoms with Crippen molar-refractivity contribution in [2.45, 2.75) is 0 Å². The van der Waals surface area contributed by atoms with Gasteiger partial charge >= 0.3 is 0 Å². The fourth-order valence-electron chi connectivity index (χ4n) is 3.66. The molecule has 10 nitrogen and oxygen atoms in total. The average molecular weight is 536 g/mol. The third-order valence-corrected chi connectivity index (χ3v) is 5.40. The first kappa shape index (κ1) is 25.7. The van der Waals surface area contributed by atoms with Gasteiger partial charge < -0.3 is 18.9 Å². The molecule has 10 heteroatoms. The van der Waals surface area contributed by atoms with Gasteiger partial charge in [0.05, 0.1) is 34.1 Å². The number of nitro groups is 2. The number of ether oxygens (including phenoxy) is 4. The lowest BCUT2D eigenvalue weighted by Gasteiger charge is -2.11. The molecule has 0 spiro atoms. The molecule has 0 amide bonds. The van der Waals surface area contributed by atoms with Crippen molar-refractivity contribution >= 4 is 11.4 Å². The molecule has 0 saturated carbocycles. The molecule has 0 aliphatic heterocycles. The zero-order valence-electron chi connectivity index (χ0n) is 20.7. The Morgan fingerprint density at radius 3 is 0.925 bits per heavy atom. The van der Waals surface area contributed by atoms with E-state index in [0.29, 0.717) is 23.0 Å². The topological polar surface area (TPSA) is 123 Å². The molecule has 0 unspecified atom stereocenters. The van der Waals surface area contributed by atoms with E-state index in [1.807, 2.05) is 12.1 Å². The first-order valence-electron chi connectivity index (χ1n) is 11.9.